The third-order valence-electron chi connectivity index (χ3n) is 4.18. The summed E-state index contributed by atoms with van der Waals surface area (Å²) in [4.78, 5) is 8.91. The summed E-state index contributed by atoms with van der Waals surface area (Å²) in [5.74, 6) is 0.829. The highest BCUT2D eigenvalue weighted by atomic mass is 15.3. The van der Waals surface area contributed by atoms with Crippen molar-refractivity contribution >= 4 is 11.0 Å². The van der Waals surface area contributed by atoms with E-state index in [1.165, 1.54) is 11.1 Å². The SMILES string of the molecule is Cc1cccc(C)c1-n1ncnc1-c1ccc2c(c1)ncn2C. The van der Waals surface area contributed by atoms with Crippen LogP contribution in [-0.2, 0) is 7.05 Å². The monoisotopic (exact) mass is 303 g/mol. The molecule has 0 aliphatic carbocycles. The topological polar surface area (TPSA) is 48.5 Å². The molecule has 2 heterocycles. The lowest BCUT2D eigenvalue weighted by atomic mass is 10.1. The number of imidazole rings is 1. The first-order chi connectivity index (χ1) is 11.1. The Morgan fingerprint density at radius 2 is 1.74 bits per heavy atom. The number of fused-ring (bicyclic) bond motifs is 1. The molecule has 0 fully saturated rings. The van der Waals surface area contributed by atoms with Crippen molar-refractivity contribution in [1.82, 2.24) is 24.3 Å². The Balaban J connectivity index is 1.92. The largest absolute Gasteiger partial charge is 0.334 e. The van der Waals surface area contributed by atoms with Crippen LogP contribution < -0.4 is 0 Å². The van der Waals surface area contributed by atoms with Gasteiger partial charge in [-0.15, -0.1) is 0 Å². The van der Waals surface area contributed by atoms with Crippen molar-refractivity contribution < 1.29 is 0 Å². The molecule has 5 heteroatoms. The summed E-state index contributed by atoms with van der Waals surface area (Å²) < 4.78 is 3.92. The molecule has 0 saturated heterocycles. The molecule has 0 aliphatic heterocycles. The first-order valence-corrected chi connectivity index (χ1v) is 7.53. The van der Waals surface area contributed by atoms with Crippen LogP contribution in [-0.4, -0.2) is 24.3 Å². The standard InChI is InChI=1S/C18H17N5/c1-12-5-4-6-13(2)17(12)23-18(19-10-21-23)14-7-8-16-15(9-14)20-11-22(16)3/h4-11H,1-3H3. The second kappa shape index (κ2) is 5.05. The first-order valence-electron chi connectivity index (χ1n) is 7.53. The van der Waals surface area contributed by atoms with Crippen LogP contribution in [0.5, 0.6) is 0 Å². The Bertz CT molecular complexity index is 989. The van der Waals surface area contributed by atoms with Crippen molar-refractivity contribution in [2.75, 3.05) is 0 Å². The van der Waals surface area contributed by atoms with Crippen LogP contribution in [0, 0.1) is 13.8 Å². The van der Waals surface area contributed by atoms with Crippen LogP contribution in [0.2, 0.25) is 0 Å². The fourth-order valence-electron chi connectivity index (χ4n) is 3.02. The van der Waals surface area contributed by atoms with E-state index in [2.05, 4.69) is 65.3 Å². The number of benzene rings is 2. The number of para-hydroxylation sites is 1. The van der Waals surface area contributed by atoms with Gasteiger partial charge in [0.1, 0.15) is 6.33 Å². The van der Waals surface area contributed by atoms with Crippen LogP contribution in [0.1, 0.15) is 11.1 Å². The Labute approximate surface area is 134 Å². The molecule has 0 amide bonds. The highest BCUT2D eigenvalue weighted by Gasteiger charge is 2.14. The van der Waals surface area contributed by atoms with Crippen LogP contribution in [0.15, 0.2) is 49.1 Å². The van der Waals surface area contributed by atoms with Crippen molar-refractivity contribution in [3.8, 4) is 17.1 Å². The van der Waals surface area contributed by atoms with E-state index in [0.717, 1.165) is 28.1 Å². The predicted molar refractivity (Wildman–Crippen MR) is 90.5 cm³/mol. The summed E-state index contributed by atoms with van der Waals surface area (Å²) >= 11 is 0. The molecular formula is C18H17N5. The maximum atomic E-state index is 4.48. The highest BCUT2D eigenvalue weighted by molar-refractivity contribution is 5.81. The molecule has 23 heavy (non-hydrogen) atoms. The third-order valence-corrected chi connectivity index (χ3v) is 4.18. The van der Waals surface area contributed by atoms with E-state index < -0.39 is 0 Å². The van der Waals surface area contributed by atoms with Crippen molar-refractivity contribution in [2.45, 2.75) is 13.8 Å². The van der Waals surface area contributed by atoms with Gasteiger partial charge in [0.05, 0.1) is 23.0 Å². The van der Waals surface area contributed by atoms with Gasteiger partial charge >= 0.3 is 0 Å². The summed E-state index contributed by atoms with van der Waals surface area (Å²) in [6, 6.07) is 12.4. The van der Waals surface area contributed by atoms with Gasteiger partial charge in [0.25, 0.3) is 0 Å². The molecule has 5 nitrogen and oxygen atoms in total. The summed E-state index contributed by atoms with van der Waals surface area (Å²) in [5, 5.41) is 4.45. The number of hydrogen-bond acceptors (Lipinski definition) is 3. The molecule has 0 N–H and O–H groups in total. The van der Waals surface area contributed by atoms with Gasteiger partial charge in [0, 0.05) is 12.6 Å². The van der Waals surface area contributed by atoms with Gasteiger partial charge in [0.15, 0.2) is 5.82 Å². The molecule has 0 bridgehead atoms. The van der Waals surface area contributed by atoms with Gasteiger partial charge in [-0.2, -0.15) is 5.10 Å². The molecule has 0 radical (unpaired) electrons. The minimum absolute atomic E-state index is 0.829. The molecule has 0 aliphatic rings. The highest BCUT2D eigenvalue weighted by Crippen LogP contribution is 2.26. The van der Waals surface area contributed by atoms with Crippen LogP contribution in [0.4, 0.5) is 0 Å². The van der Waals surface area contributed by atoms with Crippen molar-refractivity contribution in [3.05, 3.63) is 60.2 Å². The number of rotatable bonds is 2. The zero-order valence-electron chi connectivity index (χ0n) is 13.4. The normalized spacial score (nSPS) is 11.3. The van der Waals surface area contributed by atoms with Crippen molar-refractivity contribution in [3.63, 3.8) is 0 Å². The molecular weight excluding hydrogens is 286 g/mol. The number of aromatic nitrogens is 5. The first kappa shape index (κ1) is 13.7. The predicted octanol–water partition coefficient (Wildman–Crippen LogP) is 3.44. The molecule has 2 aromatic carbocycles. The van der Waals surface area contributed by atoms with E-state index in [9.17, 15) is 0 Å². The van der Waals surface area contributed by atoms with E-state index >= 15 is 0 Å². The average Bonchev–Trinajstić information content (AvgIpc) is 3.14. The van der Waals surface area contributed by atoms with Gasteiger partial charge < -0.3 is 4.57 Å². The smallest absolute Gasteiger partial charge is 0.163 e. The lowest BCUT2D eigenvalue weighted by Crippen LogP contribution is -2.04. The summed E-state index contributed by atoms with van der Waals surface area (Å²) in [7, 11) is 1.99. The Hall–Kier alpha value is -2.95. The Kier molecular flexibility index (Phi) is 3.01. The lowest BCUT2D eigenvalue weighted by molar-refractivity contribution is 0.871. The average molecular weight is 303 g/mol. The Morgan fingerprint density at radius 1 is 0.957 bits per heavy atom. The van der Waals surface area contributed by atoms with E-state index in [1.54, 1.807) is 6.33 Å². The second-order valence-electron chi connectivity index (χ2n) is 5.79. The lowest BCUT2D eigenvalue weighted by Gasteiger charge is -2.12. The fourth-order valence-corrected chi connectivity index (χ4v) is 3.02. The maximum absolute atomic E-state index is 4.48. The van der Waals surface area contributed by atoms with Gasteiger partial charge in [-0.25, -0.2) is 14.6 Å². The molecule has 114 valence electrons. The maximum Gasteiger partial charge on any atom is 0.163 e. The molecule has 2 aromatic heterocycles. The van der Waals surface area contributed by atoms with Crippen LogP contribution in [0.3, 0.4) is 0 Å². The van der Waals surface area contributed by atoms with E-state index in [4.69, 9.17) is 0 Å². The molecule has 0 unspecified atom stereocenters. The van der Waals surface area contributed by atoms with Gasteiger partial charge in [-0.05, 0) is 43.2 Å². The molecule has 0 saturated carbocycles. The number of nitrogens with zero attached hydrogens (tertiary/aromatic N) is 5. The van der Waals surface area contributed by atoms with Gasteiger partial charge in [0.2, 0.25) is 0 Å². The Morgan fingerprint density at radius 3 is 2.52 bits per heavy atom. The zero-order valence-corrected chi connectivity index (χ0v) is 13.4. The molecule has 0 spiro atoms. The number of aryl methyl sites for hydroxylation is 3. The second-order valence-corrected chi connectivity index (χ2v) is 5.79. The van der Waals surface area contributed by atoms with Gasteiger partial charge in [-0.1, -0.05) is 18.2 Å². The van der Waals surface area contributed by atoms with Gasteiger partial charge in [-0.3, -0.25) is 0 Å². The summed E-state index contributed by atoms with van der Waals surface area (Å²) in [5.41, 5.74) is 6.51. The van der Waals surface area contributed by atoms with Crippen LogP contribution >= 0.6 is 0 Å². The molecule has 0 atom stereocenters. The molecule has 4 rings (SSSR count). The zero-order chi connectivity index (χ0) is 16.0. The number of hydrogen-bond donors (Lipinski definition) is 0. The summed E-state index contributed by atoms with van der Waals surface area (Å²) in [6.07, 6.45) is 3.43. The van der Waals surface area contributed by atoms with Crippen LogP contribution in [0.25, 0.3) is 28.1 Å². The fraction of sp³-hybridized carbons (Fsp3) is 0.167. The minimum Gasteiger partial charge on any atom is -0.334 e. The van der Waals surface area contributed by atoms with E-state index in [1.807, 2.05) is 22.6 Å². The molecule has 4 aromatic rings. The third kappa shape index (κ3) is 2.12. The van der Waals surface area contributed by atoms with Crippen molar-refractivity contribution in [1.29, 1.82) is 0 Å². The summed E-state index contributed by atoms with van der Waals surface area (Å²) in [6.45, 7) is 4.19. The van der Waals surface area contributed by atoms with E-state index in [0.29, 0.717) is 0 Å². The van der Waals surface area contributed by atoms with Crippen molar-refractivity contribution in [2.24, 2.45) is 7.05 Å². The minimum atomic E-state index is 0.829. The van der Waals surface area contributed by atoms with E-state index in [-0.39, 0.29) is 0 Å². The quantitative estimate of drug-likeness (QED) is 0.570.